The summed E-state index contributed by atoms with van der Waals surface area (Å²) in [4.78, 5) is 4.22. The van der Waals surface area contributed by atoms with Crippen molar-refractivity contribution in [1.82, 2.24) is 9.55 Å². The van der Waals surface area contributed by atoms with Gasteiger partial charge in [-0.15, -0.1) is 0 Å². The Balaban J connectivity index is 1.98. The van der Waals surface area contributed by atoms with E-state index in [1.54, 1.807) is 0 Å². The topological polar surface area (TPSA) is 43.8 Å². The molecule has 0 aromatic carbocycles. The van der Waals surface area contributed by atoms with Gasteiger partial charge in [0.05, 0.1) is 5.69 Å². The molecule has 0 spiro atoms. The number of nitrogen functional groups attached to an aromatic ring is 1. The molecular formula is C11H19N3. The van der Waals surface area contributed by atoms with Crippen LogP contribution in [0, 0.1) is 12.8 Å². The normalized spacial score (nSPS) is 18.6. The third-order valence-corrected chi connectivity index (χ3v) is 3.11. The van der Waals surface area contributed by atoms with Crippen molar-refractivity contribution in [2.45, 2.75) is 45.6 Å². The smallest absolute Gasteiger partial charge is 0.200 e. The quantitative estimate of drug-likeness (QED) is 0.783. The number of rotatable bonds is 2. The highest BCUT2D eigenvalue weighted by atomic mass is 15.1. The van der Waals surface area contributed by atoms with E-state index in [0.29, 0.717) is 5.95 Å². The van der Waals surface area contributed by atoms with Gasteiger partial charge in [0.15, 0.2) is 5.95 Å². The van der Waals surface area contributed by atoms with Gasteiger partial charge in [-0.2, -0.15) is 0 Å². The van der Waals surface area contributed by atoms with Crippen LogP contribution in [0.3, 0.4) is 0 Å². The standard InChI is InChI=1S/C11H19N3/c1-9-7-14(11(12)13-9)8-10-5-3-2-4-6-10/h7,10H,2-6,8H2,1H3,(H2,12,13). The Morgan fingerprint density at radius 3 is 2.71 bits per heavy atom. The molecule has 1 heterocycles. The SMILES string of the molecule is Cc1cn(CC2CCCCC2)c(N)n1. The molecule has 2 N–H and O–H groups in total. The number of aromatic nitrogens is 2. The number of nitrogens with two attached hydrogens (primary N) is 1. The molecule has 1 aliphatic rings. The van der Waals surface area contributed by atoms with Crippen LogP contribution in [0.25, 0.3) is 0 Å². The Morgan fingerprint density at radius 1 is 1.43 bits per heavy atom. The minimum Gasteiger partial charge on any atom is -0.369 e. The highest BCUT2D eigenvalue weighted by Crippen LogP contribution is 2.25. The van der Waals surface area contributed by atoms with Gasteiger partial charge in [-0.1, -0.05) is 19.3 Å². The van der Waals surface area contributed by atoms with Gasteiger partial charge >= 0.3 is 0 Å². The lowest BCUT2D eigenvalue weighted by molar-refractivity contribution is 0.320. The molecular weight excluding hydrogens is 174 g/mol. The van der Waals surface area contributed by atoms with E-state index in [4.69, 9.17) is 5.73 Å². The van der Waals surface area contributed by atoms with Gasteiger partial charge in [-0.3, -0.25) is 0 Å². The monoisotopic (exact) mass is 193 g/mol. The molecule has 0 amide bonds. The van der Waals surface area contributed by atoms with Gasteiger partial charge < -0.3 is 10.3 Å². The predicted molar refractivity (Wildman–Crippen MR) is 58.0 cm³/mol. The van der Waals surface area contributed by atoms with Gasteiger partial charge in [0, 0.05) is 12.7 Å². The fourth-order valence-electron chi connectivity index (χ4n) is 2.36. The van der Waals surface area contributed by atoms with Crippen LogP contribution in [0.4, 0.5) is 5.95 Å². The molecule has 1 fully saturated rings. The Kier molecular flexibility index (Phi) is 2.75. The second-order valence-corrected chi connectivity index (χ2v) is 4.40. The average Bonchev–Trinajstić information content (AvgIpc) is 2.47. The maximum atomic E-state index is 5.81. The summed E-state index contributed by atoms with van der Waals surface area (Å²) in [7, 11) is 0. The number of imidazole rings is 1. The van der Waals surface area contributed by atoms with Crippen LogP contribution in [-0.2, 0) is 6.54 Å². The first-order chi connectivity index (χ1) is 6.75. The zero-order chi connectivity index (χ0) is 9.97. The van der Waals surface area contributed by atoms with Gasteiger partial charge in [-0.05, 0) is 25.7 Å². The van der Waals surface area contributed by atoms with E-state index in [1.165, 1.54) is 32.1 Å². The van der Waals surface area contributed by atoms with Crippen molar-refractivity contribution in [3.05, 3.63) is 11.9 Å². The van der Waals surface area contributed by atoms with Crippen molar-refractivity contribution in [1.29, 1.82) is 0 Å². The third-order valence-electron chi connectivity index (χ3n) is 3.11. The van der Waals surface area contributed by atoms with Crippen LogP contribution in [0.2, 0.25) is 0 Å². The first-order valence-corrected chi connectivity index (χ1v) is 5.55. The largest absolute Gasteiger partial charge is 0.369 e. The van der Waals surface area contributed by atoms with E-state index in [9.17, 15) is 0 Å². The summed E-state index contributed by atoms with van der Waals surface area (Å²) >= 11 is 0. The van der Waals surface area contributed by atoms with E-state index >= 15 is 0 Å². The summed E-state index contributed by atoms with van der Waals surface area (Å²) in [5, 5.41) is 0. The second-order valence-electron chi connectivity index (χ2n) is 4.40. The van der Waals surface area contributed by atoms with Crippen LogP contribution >= 0.6 is 0 Å². The average molecular weight is 193 g/mol. The first kappa shape index (κ1) is 9.56. The molecule has 3 nitrogen and oxygen atoms in total. The van der Waals surface area contributed by atoms with Crippen molar-refractivity contribution in [3.8, 4) is 0 Å². The summed E-state index contributed by atoms with van der Waals surface area (Å²) in [5.74, 6) is 1.49. The number of hydrogen-bond donors (Lipinski definition) is 1. The number of aryl methyl sites for hydroxylation is 1. The Hall–Kier alpha value is -0.990. The molecule has 2 rings (SSSR count). The molecule has 0 saturated heterocycles. The lowest BCUT2D eigenvalue weighted by atomic mass is 9.89. The zero-order valence-corrected chi connectivity index (χ0v) is 8.87. The Labute approximate surface area is 85.3 Å². The molecule has 1 aliphatic carbocycles. The van der Waals surface area contributed by atoms with E-state index in [0.717, 1.165) is 18.2 Å². The maximum Gasteiger partial charge on any atom is 0.200 e. The van der Waals surface area contributed by atoms with Gasteiger partial charge in [0.25, 0.3) is 0 Å². The lowest BCUT2D eigenvalue weighted by Gasteiger charge is -2.22. The molecule has 1 aromatic rings. The number of nitrogens with zero attached hydrogens (tertiary/aromatic N) is 2. The fourth-order valence-corrected chi connectivity index (χ4v) is 2.36. The van der Waals surface area contributed by atoms with Crippen LogP contribution in [0.1, 0.15) is 37.8 Å². The lowest BCUT2D eigenvalue weighted by Crippen LogP contribution is -2.15. The Morgan fingerprint density at radius 2 is 2.14 bits per heavy atom. The summed E-state index contributed by atoms with van der Waals surface area (Å²) < 4.78 is 2.10. The molecule has 0 bridgehead atoms. The molecule has 0 aliphatic heterocycles. The van der Waals surface area contributed by atoms with Gasteiger partial charge in [0.2, 0.25) is 0 Å². The molecule has 0 unspecified atom stereocenters. The number of anilines is 1. The first-order valence-electron chi connectivity index (χ1n) is 5.55. The van der Waals surface area contributed by atoms with E-state index in [1.807, 2.05) is 6.92 Å². The maximum absolute atomic E-state index is 5.81. The minimum absolute atomic E-state index is 0.674. The summed E-state index contributed by atoms with van der Waals surface area (Å²) in [6, 6.07) is 0. The molecule has 78 valence electrons. The molecule has 0 atom stereocenters. The highest BCUT2D eigenvalue weighted by molar-refractivity contribution is 5.21. The van der Waals surface area contributed by atoms with Crippen molar-refractivity contribution in [2.24, 2.45) is 5.92 Å². The van der Waals surface area contributed by atoms with E-state index in [-0.39, 0.29) is 0 Å². The summed E-state index contributed by atoms with van der Waals surface area (Å²) in [6.45, 7) is 3.06. The van der Waals surface area contributed by atoms with Crippen LogP contribution in [-0.4, -0.2) is 9.55 Å². The molecule has 3 heteroatoms. The minimum atomic E-state index is 0.674. The Bertz CT molecular complexity index is 297. The highest BCUT2D eigenvalue weighted by Gasteiger charge is 2.14. The third kappa shape index (κ3) is 2.08. The van der Waals surface area contributed by atoms with Crippen LogP contribution in [0.15, 0.2) is 6.20 Å². The zero-order valence-electron chi connectivity index (χ0n) is 8.87. The molecule has 14 heavy (non-hydrogen) atoms. The van der Waals surface area contributed by atoms with E-state index in [2.05, 4.69) is 15.7 Å². The summed E-state index contributed by atoms with van der Waals surface area (Å²) in [6.07, 6.45) is 8.96. The van der Waals surface area contributed by atoms with Crippen LogP contribution in [0.5, 0.6) is 0 Å². The molecule has 1 aromatic heterocycles. The van der Waals surface area contributed by atoms with Crippen molar-refractivity contribution in [2.75, 3.05) is 5.73 Å². The predicted octanol–water partition coefficient (Wildman–Crippen LogP) is 2.35. The molecule has 1 saturated carbocycles. The second kappa shape index (κ2) is 4.03. The number of hydrogen-bond acceptors (Lipinski definition) is 2. The van der Waals surface area contributed by atoms with E-state index < -0.39 is 0 Å². The van der Waals surface area contributed by atoms with Gasteiger partial charge in [0.1, 0.15) is 0 Å². The van der Waals surface area contributed by atoms with Crippen LogP contribution < -0.4 is 5.73 Å². The van der Waals surface area contributed by atoms with Crippen molar-refractivity contribution >= 4 is 5.95 Å². The van der Waals surface area contributed by atoms with Crippen molar-refractivity contribution in [3.63, 3.8) is 0 Å². The van der Waals surface area contributed by atoms with Gasteiger partial charge in [-0.25, -0.2) is 4.98 Å². The molecule has 0 radical (unpaired) electrons. The fraction of sp³-hybridized carbons (Fsp3) is 0.727. The summed E-state index contributed by atoms with van der Waals surface area (Å²) in [5.41, 5.74) is 6.84. The van der Waals surface area contributed by atoms with Crippen molar-refractivity contribution < 1.29 is 0 Å².